The quantitative estimate of drug-likeness (QED) is 0.129. The van der Waals surface area contributed by atoms with Crippen molar-refractivity contribution in [2.45, 2.75) is 0 Å². The van der Waals surface area contributed by atoms with E-state index in [-0.39, 0.29) is 29.7 Å². The maximum atomic E-state index is 10.6. The van der Waals surface area contributed by atoms with Crippen molar-refractivity contribution in [3.63, 3.8) is 0 Å². The lowest BCUT2D eigenvalue weighted by molar-refractivity contribution is -0.384. The second-order valence-electron chi connectivity index (χ2n) is 5.61. The van der Waals surface area contributed by atoms with E-state index in [0.29, 0.717) is 13.1 Å². The topological polar surface area (TPSA) is 104 Å². The average molecular weight is 478 g/mol. The monoisotopic (exact) mass is 478 g/mol. The van der Waals surface area contributed by atoms with Gasteiger partial charge in [-0.3, -0.25) is 20.0 Å². The van der Waals surface area contributed by atoms with Crippen molar-refractivity contribution in [2.75, 3.05) is 64.8 Å². The lowest BCUT2D eigenvalue weighted by Crippen LogP contribution is -2.45. The van der Waals surface area contributed by atoms with Crippen molar-refractivity contribution in [1.82, 2.24) is 15.5 Å². The number of morpholine rings is 1. The molecule has 0 radical (unpaired) electrons. The van der Waals surface area contributed by atoms with Gasteiger partial charge in [0.05, 0.1) is 18.1 Å². The van der Waals surface area contributed by atoms with Gasteiger partial charge in [0.15, 0.2) is 5.96 Å². The molecule has 1 aromatic carbocycles. The van der Waals surface area contributed by atoms with Crippen LogP contribution < -0.4 is 16.0 Å². The second kappa shape index (κ2) is 12.7. The number of rotatable bonds is 8. The van der Waals surface area contributed by atoms with E-state index >= 15 is 0 Å². The Morgan fingerprint density at radius 3 is 2.46 bits per heavy atom. The van der Waals surface area contributed by atoms with Gasteiger partial charge in [-0.2, -0.15) is 0 Å². The van der Waals surface area contributed by atoms with Gasteiger partial charge in [0.2, 0.25) is 0 Å². The Bertz CT molecular complexity index is 564. The zero-order chi connectivity index (χ0) is 17.9. The molecule has 1 aromatic rings. The van der Waals surface area contributed by atoms with Crippen LogP contribution in [0.1, 0.15) is 0 Å². The third-order valence-electron chi connectivity index (χ3n) is 3.87. The van der Waals surface area contributed by atoms with Crippen LogP contribution in [-0.4, -0.2) is 75.3 Å². The van der Waals surface area contributed by atoms with Gasteiger partial charge in [-0.25, -0.2) is 0 Å². The summed E-state index contributed by atoms with van der Waals surface area (Å²) in [6.45, 7) is 6.74. The number of nitrogens with zero attached hydrogens (tertiary/aromatic N) is 3. The van der Waals surface area contributed by atoms with E-state index in [1.807, 2.05) is 0 Å². The lowest BCUT2D eigenvalue weighted by Gasteiger charge is -2.26. The van der Waals surface area contributed by atoms with Crippen LogP contribution in [0.3, 0.4) is 0 Å². The van der Waals surface area contributed by atoms with Crippen molar-refractivity contribution in [1.29, 1.82) is 0 Å². The maximum absolute atomic E-state index is 10.6. The number of non-ortho nitro benzene ring substituents is 1. The molecule has 9 nitrogen and oxygen atoms in total. The van der Waals surface area contributed by atoms with Crippen LogP contribution in [-0.2, 0) is 4.74 Å². The number of guanidine groups is 1. The van der Waals surface area contributed by atoms with Gasteiger partial charge in [-0.1, -0.05) is 0 Å². The number of benzene rings is 1. The molecule has 1 fully saturated rings. The fourth-order valence-corrected chi connectivity index (χ4v) is 2.47. The Kier molecular flexibility index (Phi) is 10.9. The molecule has 1 aliphatic rings. The molecule has 2 rings (SSSR count). The summed E-state index contributed by atoms with van der Waals surface area (Å²) in [5, 5.41) is 20.3. The number of hydrogen-bond donors (Lipinski definition) is 3. The van der Waals surface area contributed by atoms with Crippen LogP contribution in [0.25, 0.3) is 0 Å². The molecule has 26 heavy (non-hydrogen) atoms. The number of aliphatic imine (C=N–C) groups is 1. The van der Waals surface area contributed by atoms with Gasteiger partial charge in [0.25, 0.3) is 5.69 Å². The third kappa shape index (κ3) is 8.15. The Hall–Kier alpha value is -1.66. The first kappa shape index (κ1) is 22.4. The highest BCUT2D eigenvalue weighted by Gasteiger charge is 2.09. The standard InChI is InChI=1S/C16H26N6O3.HI/c1-17-16(20-8-9-21-10-12-25-13-11-21)19-7-6-18-14-2-4-15(5-3-14)22(23)24;/h2-5,18H,6-13H2,1H3,(H2,17,19,20);1H. The Morgan fingerprint density at radius 1 is 1.19 bits per heavy atom. The van der Waals surface area contributed by atoms with Gasteiger partial charge < -0.3 is 20.7 Å². The summed E-state index contributed by atoms with van der Waals surface area (Å²) >= 11 is 0. The fraction of sp³-hybridized carbons (Fsp3) is 0.562. The molecule has 0 saturated carbocycles. The molecule has 0 spiro atoms. The van der Waals surface area contributed by atoms with Gasteiger partial charge in [-0.15, -0.1) is 24.0 Å². The lowest BCUT2D eigenvalue weighted by atomic mass is 10.3. The van der Waals surface area contributed by atoms with Crippen LogP contribution in [0, 0.1) is 10.1 Å². The molecule has 1 heterocycles. The minimum atomic E-state index is -0.405. The van der Waals surface area contributed by atoms with E-state index in [0.717, 1.165) is 51.0 Å². The minimum absolute atomic E-state index is 0. The number of ether oxygens (including phenoxy) is 1. The number of nitro groups is 1. The molecular formula is C16H27IN6O3. The molecule has 146 valence electrons. The van der Waals surface area contributed by atoms with Crippen LogP contribution in [0.4, 0.5) is 11.4 Å². The summed E-state index contributed by atoms with van der Waals surface area (Å²) in [4.78, 5) is 16.8. The Morgan fingerprint density at radius 2 is 1.85 bits per heavy atom. The number of halogens is 1. The van der Waals surface area contributed by atoms with Crippen LogP contribution >= 0.6 is 24.0 Å². The molecule has 10 heteroatoms. The SMILES string of the molecule is CN=C(NCCNc1ccc([N+](=O)[O-])cc1)NCCN1CCOCC1.I. The number of nitrogens with one attached hydrogen (secondary N) is 3. The molecule has 0 aromatic heterocycles. The molecule has 0 bridgehead atoms. The second-order valence-corrected chi connectivity index (χ2v) is 5.61. The highest BCUT2D eigenvalue weighted by atomic mass is 127. The Labute approximate surface area is 170 Å². The zero-order valence-electron chi connectivity index (χ0n) is 14.9. The Balaban J connectivity index is 0.00000338. The van der Waals surface area contributed by atoms with Gasteiger partial charge in [0.1, 0.15) is 0 Å². The zero-order valence-corrected chi connectivity index (χ0v) is 17.3. The van der Waals surface area contributed by atoms with Crippen LogP contribution in [0.5, 0.6) is 0 Å². The number of nitro benzene ring substituents is 1. The van der Waals surface area contributed by atoms with Crippen LogP contribution in [0.2, 0.25) is 0 Å². The molecule has 1 saturated heterocycles. The highest BCUT2D eigenvalue weighted by Crippen LogP contribution is 2.14. The summed E-state index contributed by atoms with van der Waals surface area (Å²) in [5.41, 5.74) is 0.941. The molecule has 0 atom stereocenters. The van der Waals surface area contributed by atoms with E-state index in [4.69, 9.17) is 4.74 Å². The van der Waals surface area contributed by atoms with Crippen LogP contribution in [0.15, 0.2) is 29.3 Å². The van der Waals surface area contributed by atoms with E-state index in [1.165, 1.54) is 12.1 Å². The largest absolute Gasteiger partial charge is 0.383 e. The number of hydrogen-bond acceptors (Lipinski definition) is 6. The molecule has 3 N–H and O–H groups in total. The van der Waals surface area contributed by atoms with Crippen molar-refractivity contribution in [3.8, 4) is 0 Å². The van der Waals surface area contributed by atoms with E-state index < -0.39 is 4.92 Å². The average Bonchev–Trinajstić information content (AvgIpc) is 2.65. The summed E-state index contributed by atoms with van der Waals surface area (Å²) in [7, 11) is 1.74. The summed E-state index contributed by atoms with van der Waals surface area (Å²) in [5.74, 6) is 0.763. The van der Waals surface area contributed by atoms with Gasteiger partial charge in [-0.05, 0) is 12.1 Å². The highest BCUT2D eigenvalue weighted by molar-refractivity contribution is 14.0. The molecular weight excluding hydrogens is 451 g/mol. The van der Waals surface area contributed by atoms with Crippen molar-refractivity contribution >= 4 is 41.3 Å². The van der Waals surface area contributed by atoms with Gasteiger partial charge >= 0.3 is 0 Å². The molecule has 0 aliphatic carbocycles. The first-order valence-corrected chi connectivity index (χ1v) is 8.42. The summed E-state index contributed by atoms with van der Waals surface area (Å²) in [6.07, 6.45) is 0. The van der Waals surface area contributed by atoms with Gasteiger partial charge in [0, 0.05) is 64.1 Å². The predicted molar refractivity (Wildman–Crippen MR) is 114 cm³/mol. The van der Waals surface area contributed by atoms with E-state index in [9.17, 15) is 10.1 Å². The van der Waals surface area contributed by atoms with E-state index in [2.05, 4.69) is 25.8 Å². The molecule has 0 unspecified atom stereocenters. The predicted octanol–water partition coefficient (Wildman–Crippen LogP) is 1.12. The normalized spacial score (nSPS) is 15.0. The van der Waals surface area contributed by atoms with Crippen molar-refractivity contribution in [3.05, 3.63) is 34.4 Å². The smallest absolute Gasteiger partial charge is 0.269 e. The molecule has 1 aliphatic heterocycles. The summed E-state index contributed by atoms with van der Waals surface area (Å²) < 4.78 is 5.33. The first-order chi connectivity index (χ1) is 12.2. The fourth-order valence-electron chi connectivity index (χ4n) is 2.47. The van der Waals surface area contributed by atoms with Crippen molar-refractivity contribution in [2.24, 2.45) is 4.99 Å². The number of anilines is 1. The maximum Gasteiger partial charge on any atom is 0.269 e. The summed E-state index contributed by atoms with van der Waals surface area (Å²) in [6, 6.07) is 6.38. The van der Waals surface area contributed by atoms with E-state index in [1.54, 1.807) is 19.2 Å². The van der Waals surface area contributed by atoms with Crippen molar-refractivity contribution < 1.29 is 9.66 Å². The minimum Gasteiger partial charge on any atom is -0.383 e. The molecule has 0 amide bonds. The third-order valence-corrected chi connectivity index (χ3v) is 3.87. The first-order valence-electron chi connectivity index (χ1n) is 8.42.